The molecule has 108 valence electrons. The van der Waals surface area contributed by atoms with Crippen LogP contribution >= 0.6 is 11.8 Å². The molecule has 1 aliphatic heterocycles. The predicted molar refractivity (Wildman–Crippen MR) is 76.1 cm³/mol. The lowest BCUT2D eigenvalue weighted by Crippen LogP contribution is -2.31. The van der Waals surface area contributed by atoms with Crippen LogP contribution in [0.15, 0.2) is 35.7 Å². The number of amides is 2. The second-order valence-electron chi connectivity index (χ2n) is 4.37. The lowest BCUT2D eigenvalue weighted by molar-refractivity contribution is -0.121. The van der Waals surface area contributed by atoms with Crippen LogP contribution in [-0.2, 0) is 9.59 Å². The predicted octanol–water partition coefficient (Wildman–Crippen LogP) is 1.24. The van der Waals surface area contributed by atoms with Gasteiger partial charge in [-0.1, -0.05) is 17.8 Å². The Kier molecular flexibility index (Phi) is 3.61. The molecule has 0 saturated carbocycles. The van der Waals surface area contributed by atoms with Gasteiger partial charge in [0.2, 0.25) is 11.8 Å². The highest BCUT2D eigenvalue weighted by molar-refractivity contribution is 8.00. The topological polar surface area (TPSA) is 88.2 Å². The van der Waals surface area contributed by atoms with Crippen LogP contribution in [-0.4, -0.2) is 39.4 Å². The molecule has 2 heterocycles. The number of H-pyrrole nitrogens is 1. The lowest BCUT2D eigenvalue weighted by atomic mass is 10.3. The molecule has 0 aliphatic carbocycles. The number of anilines is 1. The van der Waals surface area contributed by atoms with Crippen molar-refractivity contribution in [2.75, 3.05) is 12.0 Å². The summed E-state index contributed by atoms with van der Waals surface area (Å²) < 4.78 is 5.12. The van der Waals surface area contributed by atoms with Crippen molar-refractivity contribution in [1.29, 1.82) is 0 Å². The maximum absolute atomic E-state index is 12.4. The summed E-state index contributed by atoms with van der Waals surface area (Å²) in [5.74, 6) is 0.111. The monoisotopic (exact) mass is 304 g/mol. The minimum absolute atomic E-state index is 0.140. The number of imide groups is 1. The summed E-state index contributed by atoms with van der Waals surface area (Å²) >= 11 is 1.21. The van der Waals surface area contributed by atoms with E-state index in [1.54, 1.807) is 24.3 Å². The summed E-state index contributed by atoms with van der Waals surface area (Å²) in [4.78, 5) is 29.7. The maximum atomic E-state index is 12.4. The first-order valence-electron chi connectivity index (χ1n) is 6.22. The third-order valence-corrected chi connectivity index (χ3v) is 4.14. The maximum Gasteiger partial charge on any atom is 0.247 e. The number of nitrogens with zero attached hydrogens (tertiary/aromatic N) is 3. The van der Waals surface area contributed by atoms with Crippen LogP contribution in [0.2, 0.25) is 0 Å². The Labute approximate surface area is 124 Å². The van der Waals surface area contributed by atoms with Gasteiger partial charge in [-0.15, -0.1) is 0 Å². The zero-order valence-electron chi connectivity index (χ0n) is 11.1. The van der Waals surface area contributed by atoms with E-state index in [9.17, 15) is 9.59 Å². The van der Waals surface area contributed by atoms with E-state index in [-0.39, 0.29) is 18.2 Å². The van der Waals surface area contributed by atoms with Crippen molar-refractivity contribution in [1.82, 2.24) is 15.2 Å². The van der Waals surface area contributed by atoms with Gasteiger partial charge < -0.3 is 4.74 Å². The molecule has 1 fully saturated rings. The number of benzene rings is 1. The first kappa shape index (κ1) is 13.6. The van der Waals surface area contributed by atoms with Crippen molar-refractivity contribution < 1.29 is 14.3 Å². The van der Waals surface area contributed by atoms with Gasteiger partial charge in [0, 0.05) is 12.5 Å². The number of ether oxygens (including phenoxy) is 1. The molecule has 1 aromatic carbocycles. The number of carbonyl (C=O) groups is 2. The Hall–Kier alpha value is -2.35. The van der Waals surface area contributed by atoms with Gasteiger partial charge in [-0.2, -0.15) is 5.10 Å². The second kappa shape index (κ2) is 5.57. The molecule has 1 aromatic heterocycles. The van der Waals surface area contributed by atoms with E-state index in [1.807, 2.05) is 0 Å². The standard InChI is InChI=1S/C13H12N4O3S/c1-20-9-4-2-3-8(5-9)17-11(18)6-10(12(17)19)21-13-14-7-15-16-13/h2-5,7,10H,6H2,1H3,(H,14,15,16)/t10-/m1/s1. The highest BCUT2D eigenvalue weighted by atomic mass is 32.2. The number of thioether (sulfide) groups is 1. The first-order chi connectivity index (χ1) is 10.2. The SMILES string of the molecule is COc1cccc(N2C(=O)C[C@@H](Sc3ncn[nH]3)C2=O)c1. The molecular formula is C13H12N4O3S. The van der Waals surface area contributed by atoms with Crippen molar-refractivity contribution in [2.45, 2.75) is 16.8 Å². The number of nitrogens with one attached hydrogen (secondary N) is 1. The fourth-order valence-electron chi connectivity index (χ4n) is 2.10. The van der Waals surface area contributed by atoms with Gasteiger partial charge >= 0.3 is 0 Å². The molecule has 3 rings (SSSR count). The van der Waals surface area contributed by atoms with Crippen LogP contribution in [0, 0.1) is 0 Å². The molecule has 7 nitrogen and oxygen atoms in total. The van der Waals surface area contributed by atoms with Crippen LogP contribution < -0.4 is 9.64 Å². The molecule has 2 aromatic rings. The fourth-order valence-corrected chi connectivity index (χ4v) is 3.02. The van der Waals surface area contributed by atoms with Gasteiger partial charge in [-0.25, -0.2) is 9.88 Å². The van der Waals surface area contributed by atoms with Gasteiger partial charge in [-0.3, -0.25) is 14.7 Å². The van der Waals surface area contributed by atoms with E-state index in [4.69, 9.17) is 4.74 Å². The third kappa shape index (κ3) is 2.62. The normalized spacial score (nSPS) is 18.3. The van der Waals surface area contributed by atoms with E-state index in [1.165, 1.54) is 30.1 Å². The average molecular weight is 304 g/mol. The largest absolute Gasteiger partial charge is 0.497 e. The van der Waals surface area contributed by atoms with Crippen LogP contribution in [0.1, 0.15) is 6.42 Å². The summed E-state index contributed by atoms with van der Waals surface area (Å²) in [7, 11) is 1.54. The van der Waals surface area contributed by atoms with E-state index in [0.29, 0.717) is 16.6 Å². The Morgan fingerprint density at radius 2 is 2.29 bits per heavy atom. The molecule has 21 heavy (non-hydrogen) atoms. The van der Waals surface area contributed by atoms with Crippen molar-refractivity contribution >= 4 is 29.3 Å². The third-order valence-electron chi connectivity index (χ3n) is 3.06. The quantitative estimate of drug-likeness (QED) is 0.855. The summed E-state index contributed by atoms with van der Waals surface area (Å²) in [6.07, 6.45) is 1.50. The Bertz CT molecular complexity index is 674. The lowest BCUT2D eigenvalue weighted by Gasteiger charge is -2.15. The van der Waals surface area contributed by atoms with Crippen molar-refractivity contribution in [3.05, 3.63) is 30.6 Å². The van der Waals surface area contributed by atoms with Crippen LogP contribution in [0.25, 0.3) is 0 Å². The van der Waals surface area contributed by atoms with E-state index >= 15 is 0 Å². The molecule has 0 spiro atoms. The number of aromatic nitrogens is 3. The molecule has 8 heteroatoms. The molecule has 1 saturated heterocycles. The van der Waals surface area contributed by atoms with Crippen LogP contribution in [0.5, 0.6) is 5.75 Å². The Balaban J connectivity index is 1.83. The highest BCUT2D eigenvalue weighted by Gasteiger charge is 2.40. The van der Waals surface area contributed by atoms with Gasteiger partial charge in [-0.05, 0) is 12.1 Å². The van der Waals surface area contributed by atoms with Gasteiger partial charge in [0.05, 0.1) is 12.8 Å². The Morgan fingerprint density at radius 1 is 1.43 bits per heavy atom. The summed E-state index contributed by atoms with van der Waals surface area (Å²) in [5.41, 5.74) is 0.519. The molecular weight excluding hydrogens is 292 g/mol. The summed E-state index contributed by atoms with van der Waals surface area (Å²) in [6.45, 7) is 0. The van der Waals surface area contributed by atoms with Crippen LogP contribution in [0.4, 0.5) is 5.69 Å². The molecule has 0 bridgehead atoms. The minimum atomic E-state index is -0.489. The van der Waals surface area contributed by atoms with Crippen molar-refractivity contribution in [3.8, 4) is 5.75 Å². The summed E-state index contributed by atoms with van der Waals surface area (Å²) in [5, 5.41) is 6.43. The smallest absolute Gasteiger partial charge is 0.247 e. The van der Waals surface area contributed by atoms with E-state index in [0.717, 1.165) is 0 Å². The number of carbonyl (C=O) groups excluding carboxylic acids is 2. The molecule has 2 amide bonds. The first-order valence-corrected chi connectivity index (χ1v) is 7.10. The Morgan fingerprint density at radius 3 is 3.00 bits per heavy atom. The van der Waals surface area contributed by atoms with Gasteiger partial charge in [0.1, 0.15) is 17.3 Å². The summed E-state index contributed by atoms with van der Waals surface area (Å²) in [6, 6.07) is 6.87. The van der Waals surface area contributed by atoms with Crippen molar-refractivity contribution in [2.24, 2.45) is 0 Å². The number of methoxy groups -OCH3 is 1. The minimum Gasteiger partial charge on any atom is -0.497 e. The zero-order valence-corrected chi connectivity index (χ0v) is 12.0. The molecule has 1 aliphatic rings. The van der Waals surface area contributed by atoms with E-state index in [2.05, 4.69) is 15.2 Å². The number of aromatic amines is 1. The van der Waals surface area contributed by atoms with Gasteiger partial charge in [0.25, 0.3) is 0 Å². The molecule has 1 atom stereocenters. The number of hydrogen-bond donors (Lipinski definition) is 1. The number of hydrogen-bond acceptors (Lipinski definition) is 6. The number of rotatable bonds is 4. The van der Waals surface area contributed by atoms with E-state index < -0.39 is 5.25 Å². The second-order valence-corrected chi connectivity index (χ2v) is 5.56. The van der Waals surface area contributed by atoms with Crippen LogP contribution in [0.3, 0.4) is 0 Å². The zero-order chi connectivity index (χ0) is 14.8. The van der Waals surface area contributed by atoms with Crippen molar-refractivity contribution in [3.63, 3.8) is 0 Å². The fraction of sp³-hybridized carbons (Fsp3) is 0.231. The average Bonchev–Trinajstić information content (AvgIpc) is 3.08. The highest BCUT2D eigenvalue weighted by Crippen LogP contribution is 2.33. The molecule has 0 radical (unpaired) electrons. The van der Waals surface area contributed by atoms with Gasteiger partial charge in [0.15, 0.2) is 5.16 Å². The molecule has 1 N–H and O–H groups in total. The molecule has 0 unspecified atom stereocenters.